The van der Waals surface area contributed by atoms with Gasteiger partial charge in [-0.25, -0.2) is 0 Å². The molecular formula is C14H16N2O. The van der Waals surface area contributed by atoms with Crippen LogP contribution in [-0.2, 0) is 0 Å². The van der Waals surface area contributed by atoms with Crippen molar-refractivity contribution in [3.8, 4) is 5.75 Å². The average Bonchev–Trinajstić information content (AvgIpc) is 2.56. The molecule has 0 radical (unpaired) electrons. The molecule has 0 saturated heterocycles. The first kappa shape index (κ1) is 11.6. The van der Waals surface area contributed by atoms with Crippen molar-refractivity contribution in [3.63, 3.8) is 0 Å². The number of hydrogen-bond acceptors (Lipinski definition) is 3. The maximum Gasteiger partial charge on any atom is 0.119 e. The second kappa shape index (κ2) is 5.43. The molecular weight excluding hydrogens is 212 g/mol. The second-order valence-electron chi connectivity index (χ2n) is 3.87. The topological polar surface area (TPSA) is 45.4 Å². The minimum absolute atomic E-state index is 0.650. The Hall–Kier alpha value is -1.90. The lowest BCUT2D eigenvalue weighted by atomic mass is 10.1. The van der Waals surface area contributed by atoms with Crippen molar-refractivity contribution in [1.82, 2.24) is 0 Å². The van der Waals surface area contributed by atoms with Gasteiger partial charge >= 0.3 is 0 Å². The van der Waals surface area contributed by atoms with E-state index in [-0.39, 0.29) is 0 Å². The fourth-order valence-corrected chi connectivity index (χ4v) is 1.69. The molecule has 3 heteroatoms. The van der Waals surface area contributed by atoms with E-state index in [9.17, 15) is 0 Å². The van der Waals surface area contributed by atoms with Crippen molar-refractivity contribution >= 4 is 17.6 Å². The first-order valence-electron chi connectivity index (χ1n) is 5.82. The van der Waals surface area contributed by atoms with Crippen molar-refractivity contribution in [1.29, 1.82) is 5.41 Å². The maximum absolute atomic E-state index is 7.61. The van der Waals surface area contributed by atoms with Crippen LogP contribution in [0, 0.1) is 5.41 Å². The molecule has 0 aliphatic carbocycles. The fraction of sp³-hybridized carbons (Fsp3) is 0.286. The Balaban J connectivity index is 2.19. The van der Waals surface area contributed by atoms with Crippen LogP contribution in [0.5, 0.6) is 5.75 Å². The Bertz CT molecular complexity index is 458. The van der Waals surface area contributed by atoms with Crippen LogP contribution in [0.3, 0.4) is 0 Å². The molecule has 1 aliphatic rings. The number of rotatable bonds is 3. The number of aliphatic imine (C=N–C) groups is 1. The van der Waals surface area contributed by atoms with Crippen LogP contribution in [0.4, 0.5) is 0 Å². The third kappa shape index (κ3) is 3.03. The van der Waals surface area contributed by atoms with E-state index in [1.54, 1.807) is 6.21 Å². The Kier molecular flexibility index (Phi) is 3.70. The third-order valence-electron chi connectivity index (χ3n) is 2.57. The number of benzene rings is 1. The molecule has 0 amide bonds. The lowest BCUT2D eigenvalue weighted by molar-refractivity contribution is 0.340. The summed E-state index contributed by atoms with van der Waals surface area (Å²) in [5, 5.41) is 7.61. The van der Waals surface area contributed by atoms with Crippen LogP contribution >= 0.6 is 0 Å². The number of nitrogens with zero attached hydrogens (tertiary/aromatic N) is 1. The summed E-state index contributed by atoms with van der Waals surface area (Å²) < 4.78 is 5.40. The van der Waals surface area contributed by atoms with Gasteiger partial charge in [-0.2, -0.15) is 0 Å². The smallest absolute Gasteiger partial charge is 0.119 e. The number of ether oxygens (including phenoxy) is 1. The first-order valence-corrected chi connectivity index (χ1v) is 5.82. The van der Waals surface area contributed by atoms with E-state index < -0.39 is 0 Å². The highest BCUT2D eigenvalue weighted by molar-refractivity contribution is 5.98. The highest BCUT2D eigenvalue weighted by Gasteiger charge is 2.04. The van der Waals surface area contributed by atoms with Crippen LogP contribution in [0.1, 0.15) is 25.3 Å². The van der Waals surface area contributed by atoms with E-state index in [4.69, 9.17) is 10.1 Å². The van der Waals surface area contributed by atoms with Gasteiger partial charge in [-0.3, -0.25) is 4.99 Å². The van der Waals surface area contributed by atoms with Gasteiger partial charge in [0.1, 0.15) is 5.75 Å². The Morgan fingerprint density at radius 2 is 2.00 bits per heavy atom. The van der Waals surface area contributed by atoms with E-state index in [1.807, 2.05) is 37.3 Å². The summed E-state index contributed by atoms with van der Waals surface area (Å²) in [5.74, 6) is 0.877. The van der Waals surface area contributed by atoms with Crippen molar-refractivity contribution in [3.05, 3.63) is 35.9 Å². The van der Waals surface area contributed by atoms with Gasteiger partial charge in [0.05, 0.1) is 12.3 Å². The molecule has 0 unspecified atom stereocenters. The largest absolute Gasteiger partial charge is 0.494 e. The summed E-state index contributed by atoms with van der Waals surface area (Å²) >= 11 is 0. The Morgan fingerprint density at radius 3 is 2.71 bits per heavy atom. The van der Waals surface area contributed by atoms with Gasteiger partial charge in [0.25, 0.3) is 0 Å². The summed E-state index contributed by atoms with van der Waals surface area (Å²) in [7, 11) is 0. The molecule has 1 aromatic carbocycles. The normalized spacial score (nSPS) is 15.4. The van der Waals surface area contributed by atoms with Crippen molar-refractivity contribution in [2.75, 3.05) is 6.61 Å². The predicted molar refractivity (Wildman–Crippen MR) is 71.0 cm³/mol. The summed E-state index contributed by atoms with van der Waals surface area (Å²) in [6, 6.07) is 7.91. The molecule has 1 heterocycles. The standard InChI is InChI=1S/C14H16N2O/c1-2-17-13-6-3-11(4-7-13)14-8-5-12(15)9-10-16-14/h3-4,6-8,10,15H,2,5,9H2,1H3. The van der Waals surface area contributed by atoms with Gasteiger partial charge in [-0.15, -0.1) is 0 Å². The lowest BCUT2D eigenvalue weighted by Crippen LogP contribution is -1.91. The third-order valence-corrected chi connectivity index (χ3v) is 2.57. The van der Waals surface area contributed by atoms with Gasteiger partial charge in [0.15, 0.2) is 0 Å². The predicted octanol–water partition coefficient (Wildman–Crippen LogP) is 3.31. The van der Waals surface area contributed by atoms with Gasteiger partial charge in [0.2, 0.25) is 0 Å². The van der Waals surface area contributed by atoms with Crippen LogP contribution < -0.4 is 4.74 Å². The van der Waals surface area contributed by atoms with Gasteiger partial charge in [0, 0.05) is 30.3 Å². The highest BCUT2D eigenvalue weighted by atomic mass is 16.5. The van der Waals surface area contributed by atoms with Gasteiger partial charge < -0.3 is 10.1 Å². The van der Waals surface area contributed by atoms with Gasteiger partial charge in [-0.1, -0.05) is 6.08 Å². The molecule has 3 nitrogen and oxygen atoms in total. The number of hydrogen-bond donors (Lipinski definition) is 1. The van der Waals surface area contributed by atoms with Crippen LogP contribution in [0.25, 0.3) is 5.70 Å². The summed E-state index contributed by atoms with van der Waals surface area (Å²) in [4.78, 5) is 4.37. The van der Waals surface area contributed by atoms with Crippen molar-refractivity contribution < 1.29 is 4.74 Å². The number of allylic oxidation sites excluding steroid dienone is 1. The fourth-order valence-electron chi connectivity index (χ4n) is 1.69. The molecule has 1 N–H and O–H groups in total. The molecule has 0 bridgehead atoms. The summed E-state index contributed by atoms with van der Waals surface area (Å²) in [6.45, 7) is 2.65. The van der Waals surface area contributed by atoms with E-state index in [1.165, 1.54) is 0 Å². The lowest BCUT2D eigenvalue weighted by Gasteiger charge is -2.05. The molecule has 1 aliphatic heterocycles. The first-order chi connectivity index (χ1) is 8.29. The zero-order valence-electron chi connectivity index (χ0n) is 9.94. The zero-order valence-corrected chi connectivity index (χ0v) is 9.94. The molecule has 1 aromatic rings. The maximum atomic E-state index is 7.61. The molecule has 0 fully saturated rings. The Labute approximate surface area is 101 Å². The monoisotopic (exact) mass is 228 g/mol. The molecule has 88 valence electrons. The Morgan fingerprint density at radius 1 is 1.24 bits per heavy atom. The van der Waals surface area contributed by atoms with E-state index in [2.05, 4.69) is 4.99 Å². The molecule has 0 saturated carbocycles. The second-order valence-corrected chi connectivity index (χ2v) is 3.87. The SMILES string of the molecule is CCOc1ccc(C2=CCC(=N)CC=N2)cc1. The van der Waals surface area contributed by atoms with Crippen LogP contribution in [0.2, 0.25) is 0 Å². The number of nitrogens with one attached hydrogen (secondary N) is 1. The summed E-state index contributed by atoms with van der Waals surface area (Å²) in [5.41, 5.74) is 2.71. The molecule has 0 spiro atoms. The minimum Gasteiger partial charge on any atom is -0.494 e. The minimum atomic E-state index is 0.650. The highest BCUT2D eigenvalue weighted by Crippen LogP contribution is 2.21. The van der Waals surface area contributed by atoms with Gasteiger partial charge in [-0.05, 0) is 31.2 Å². The van der Waals surface area contributed by atoms with E-state index in [0.717, 1.165) is 17.0 Å². The van der Waals surface area contributed by atoms with Crippen LogP contribution in [0.15, 0.2) is 35.3 Å². The van der Waals surface area contributed by atoms with Crippen molar-refractivity contribution in [2.45, 2.75) is 19.8 Å². The molecule has 0 aromatic heterocycles. The zero-order chi connectivity index (χ0) is 12.1. The molecule has 2 rings (SSSR count). The van der Waals surface area contributed by atoms with E-state index in [0.29, 0.717) is 25.2 Å². The average molecular weight is 228 g/mol. The van der Waals surface area contributed by atoms with E-state index >= 15 is 0 Å². The summed E-state index contributed by atoms with van der Waals surface area (Å²) in [6.07, 6.45) is 5.14. The molecule has 17 heavy (non-hydrogen) atoms. The molecule has 0 atom stereocenters. The van der Waals surface area contributed by atoms with Crippen LogP contribution in [-0.4, -0.2) is 18.5 Å². The quantitative estimate of drug-likeness (QED) is 0.847. The van der Waals surface area contributed by atoms with Crippen molar-refractivity contribution in [2.24, 2.45) is 4.99 Å².